The topological polar surface area (TPSA) is 197 Å². The van der Waals surface area contributed by atoms with Gasteiger partial charge in [-0.05, 0) is 65.4 Å². The van der Waals surface area contributed by atoms with E-state index in [0.717, 1.165) is 5.56 Å². The summed E-state index contributed by atoms with van der Waals surface area (Å²) in [4.78, 5) is 58.6. The molecular formula is C35H39ClFN9O4S. The Balaban J connectivity index is 1.55. The zero-order valence-corrected chi connectivity index (χ0v) is 29.6. The molecule has 4 rings (SSSR count). The largest absolute Gasteiger partial charge is 0.370 e. The number of primary amides is 1. The van der Waals surface area contributed by atoms with Gasteiger partial charge in [-0.15, -0.1) is 0 Å². The number of hydrogen-bond donors (Lipinski definition) is 6. The van der Waals surface area contributed by atoms with Crippen LogP contribution in [0, 0.1) is 12.9 Å². The molecule has 2 heterocycles. The molecule has 0 aliphatic rings. The first-order valence-corrected chi connectivity index (χ1v) is 17.1. The van der Waals surface area contributed by atoms with E-state index in [2.05, 4.69) is 31.3 Å². The van der Waals surface area contributed by atoms with E-state index in [1.165, 1.54) is 36.1 Å². The molecule has 16 heteroatoms. The lowest BCUT2D eigenvalue weighted by Gasteiger charge is -2.27. The molecule has 0 aliphatic heterocycles. The Labute approximate surface area is 304 Å². The van der Waals surface area contributed by atoms with Crippen LogP contribution in [0.3, 0.4) is 0 Å². The van der Waals surface area contributed by atoms with Gasteiger partial charge in [-0.25, -0.2) is 9.97 Å². The number of rotatable bonds is 18. The minimum Gasteiger partial charge on any atom is -0.370 e. The zero-order valence-electron chi connectivity index (χ0n) is 28.0. The van der Waals surface area contributed by atoms with Gasteiger partial charge < -0.3 is 27.4 Å². The highest BCUT2D eigenvalue weighted by Gasteiger charge is 2.28. The van der Waals surface area contributed by atoms with Gasteiger partial charge in [-0.3, -0.25) is 29.6 Å². The number of benzene rings is 2. The molecule has 13 nitrogen and oxygen atoms in total. The van der Waals surface area contributed by atoms with E-state index in [4.69, 9.17) is 23.1 Å². The van der Waals surface area contributed by atoms with Crippen LogP contribution in [0.2, 0.25) is 5.02 Å². The van der Waals surface area contributed by atoms with E-state index in [0.29, 0.717) is 49.3 Å². The van der Waals surface area contributed by atoms with Crippen LogP contribution in [-0.2, 0) is 32.3 Å². The fourth-order valence-corrected chi connectivity index (χ4v) is 6.47. The molecular weight excluding hydrogens is 697 g/mol. The number of anilines is 1. The number of carbonyl (C=O) groups is 4. The molecule has 2 atom stereocenters. The van der Waals surface area contributed by atoms with Crippen LogP contribution < -0.4 is 32.8 Å². The Bertz CT molecular complexity index is 1870. The molecule has 0 aliphatic carbocycles. The van der Waals surface area contributed by atoms with Crippen molar-refractivity contribution in [2.75, 3.05) is 19.0 Å². The van der Waals surface area contributed by atoms with Gasteiger partial charge >= 0.3 is 0 Å². The maximum atomic E-state index is 14.1. The number of aryl methyl sites for hydroxylation is 1. The van der Waals surface area contributed by atoms with Crippen molar-refractivity contribution in [3.63, 3.8) is 0 Å². The second-order valence-corrected chi connectivity index (χ2v) is 12.8. The molecule has 0 saturated heterocycles. The van der Waals surface area contributed by atoms with Gasteiger partial charge in [-0.2, -0.15) is 4.39 Å². The third kappa shape index (κ3) is 10.7. The molecule has 51 heavy (non-hydrogen) atoms. The lowest BCUT2D eigenvalue weighted by molar-refractivity contribution is -0.135. The number of carbonyl (C=O) groups excluding carboxylic acids is 4. The number of nitrogens with zero attached hydrogens (tertiary/aromatic N) is 3. The molecule has 0 unspecified atom stereocenters. The summed E-state index contributed by atoms with van der Waals surface area (Å²) in [6.07, 6.45) is 3.46. The van der Waals surface area contributed by atoms with Gasteiger partial charge in [0, 0.05) is 56.5 Å². The van der Waals surface area contributed by atoms with Crippen LogP contribution in [0.25, 0.3) is 11.1 Å². The number of aromatic nitrogens is 2. The molecule has 0 saturated carbocycles. The van der Waals surface area contributed by atoms with E-state index in [1.54, 1.807) is 30.5 Å². The van der Waals surface area contributed by atoms with Crippen molar-refractivity contribution in [1.29, 1.82) is 0 Å². The van der Waals surface area contributed by atoms with Crippen molar-refractivity contribution < 1.29 is 23.6 Å². The second kappa shape index (κ2) is 18.8. The lowest BCUT2D eigenvalue weighted by atomic mass is 10.0. The Morgan fingerprint density at radius 1 is 1.04 bits per heavy atom. The van der Waals surface area contributed by atoms with Gasteiger partial charge in [0.1, 0.15) is 11.1 Å². The molecule has 0 fully saturated rings. The van der Waals surface area contributed by atoms with Crippen molar-refractivity contribution in [3.8, 4) is 11.1 Å². The average molecular weight is 736 g/mol. The number of nitrogens with two attached hydrogens (primary N) is 2. The van der Waals surface area contributed by atoms with Crippen molar-refractivity contribution in [2.24, 2.45) is 11.5 Å². The summed E-state index contributed by atoms with van der Waals surface area (Å²) < 4.78 is 14.1. The van der Waals surface area contributed by atoms with Gasteiger partial charge in [0.25, 0.3) is 5.91 Å². The highest BCUT2D eigenvalue weighted by molar-refractivity contribution is 7.99. The molecule has 0 spiro atoms. The number of likely N-dealkylation sites (N-methyl/N-ethyl adjacent to an activating group) is 1. The minimum absolute atomic E-state index is 0.0462. The van der Waals surface area contributed by atoms with E-state index >= 15 is 0 Å². The maximum absolute atomic E-state index is 14.1. The molecule has 2 aromatic carbocycles. The maximum Gasteiger partial charge on any atom is 0.264 e. The van der Waals surface area contributed by atoms with Crippen LogP contribution in [0.15, 0.2) is 83.0 Å². The predicted molar refractivity (Wildman–Crippen MR) is 194 cm³/mol. The van der Waals surface area contributed by atoms with Gasteiger partial charge in [0.15, 0.2) is 0 Å². The van der Waals surface area contributed by atoms with E-state index < -0.39 is 35.8 Å². The van der Waals surface area contributed by atoms with E-state index in [9.17, 15) is 23.6 Å². The SMILES string of the molecule is Cc1ccccc1NN(C)C(=O)[C@H](CN)NC(=O)[C@H](CCC(N)=O)NCc1cccnc1Sc1c(Cl)ccc(-c2ccnc(F)c2)c1CNC=O. The molecule has 4 aromatic rings. The molecule has 0 radical (unpaired) electrons. The highest BCUT2D eigenvalue weighted by atomic mass is 35.5. The molecule has 0 bridgehead atoms. The smallest absolute Gasteiger partial charge is 0.264 e. The molecule has 268 valence electrons. The summed E-state index contributed by atoms with van der Waals surface area (Å²) in [6, 6.07) is 15.3. The number of hydrazine groups is 1. The fourth-order valence-electron chi connectivity index (χ4n) is 5.12. The van der Waals surface area contributed by atoms with Crippen molar-refractivity contribution in [3.05, 3.63) is 101 Å². The Hall–Kier alpha value is -5.09. The second-order valence-electron chi connectivity index (χ2n) is 11.4. The third-order valence-electron chi connectivity index (χ3n) is 7.81. The van der Waals surface area contributed by atoms with Gasteiger partial charge in [-0.1, -0.05) is 53.7 Å². The number of pyridine rings is 2. The fraction of sp³-hybridized carbons (Fsp3) is 0.257. The monoisotopic (exact) mass is 735 g/mol. The standard InChI is InChI=1S/C35H39ClFN9O4S/c1-21-6-3-4-8-27(21)45-46(2)35(50)29(17-38)44-33(49)28(11-12-31(39)48)43-18-23-7-5-14-42-34(23)51-32-25(19-40-20-47)24(9-10-26(32)36)22-13-15-41-30(37)16-22/h3-10,13-16,20,28-29,43,45H,11-12,17-19,38H2,1-2H3,(H2,39,48)(H,40,47)(H,44,49)/t28-,29-/m0/s1. The van der Waals surface area contributed by atoms with E-state index in [1.807, 2.05) is 37.3 Å². The first-order valence-electron chi connectivity index (χ1n) is 15.9. The first kappa shape index (κ1) is 38.7. The molecule has 2 aromatic heterocycles. The Kier molecular flexibility index (Phi) is 14.3. The number of nitrogens with one attached hydrogen (secondary N) is 4. The van der Waals surface area contributed by atoms with Gasteiger partial charge in [0.05, 0.1) is 16.8 Å². The summed E-state index contributed by atoms with van der Waals surface area (Å²) in [5.74, 6) is -2.28. The quantitative estimate of drug-likeness (QED) is 0.0501. The van der Waals surface area contributed by atoms with Crippen LogP contribution in [0.5, 0.6) is 0 Å². The molecule has 4 amide bonds. The van der Waals surface area contributed by atoms with Crippen molar-refractivity contribution in [2.45, 2.75) is 54.9 Å². The minimum atomic E-state index is -1.07. The lowest BCUT2D eigenvalue weighted by Crippen LogP contribution is -2.56. The van der Waals surface area contributed by atoms with E-state index in [-0.39, 0.29) is 32.5 Å². The average Bonchev–Trinajstić information content (AvgIpc) is 3.11. The van der Waals surface area contributed by atoms with Crippen LogP contribution in [0.1, 0.15) is 29.5 Å². The summed E-state index contributed by atoms with van der Waals surface area (Å²) in [7, 11) is 1.53. The van der Waals surface area contributed by atoms with Crippen LogP contribution >= 0.6 is 23.4 Å². The third-order valence-corrected chi connectivity index (χ3v) is 9.47. The number of para-hydroxylation sites is 1. The molecule has 8 N–H and O–H groups in total. The number of halogens is 2. The predicted octanol–water partition coefficient (Wildman–Crippen LogP) is 3.29. The zero-order chi connectivity index (χ0) is 36.9. The number of hydrogen-bond acceptors (Lipinski definition) is 10. The van der Waals surface area contributed by atoms with Gasteiger partial charge in [0.2, 0.25) is 24.2 Å². The summed E-state index contributed by atoms with van der Waals surface area (Å²) in [6.45, 7) is 1.93. The Morgan fingerprint density at radius 3 is 2.53 bits per heavy atom. The summed E-state index contributed by atoms with van der Waals surface area (Å²) >= 11 is 7.93. The first-order chi connectivity index (χ1) is 24.5. The summed E-state index contributed by atoms with van der Waals surface area (Å²) in [5, 5.41) is 10.7. The number of amides is 4. The summed E-state index contributed by atoms with van der Waals surface area (Å²) in [5.41, 5.74) is 18.5. The highest BCUT2D eigenvalue weighted by Crippen LogP contribution is 2.41. The van der Waals surface area contributed by atoms with Crippen molar-refractivity contribution >= 4 is 53.2 Å². The Morgan fingerprint density at radius 2 is 1.82 bits per heavy atom. The van der Waals surface area contributed by atoms with Crippen LogP contribution in [-0.4, -0.2) is 64.8 Å². The van der Waals surface area contributed by atoms with Crippen molar-refractivity contribution in [1.82, 2.24) is 30.9 Å². The van der Waals surface area contributed by atoms with Crippen LogP contribution in [0.4, 0.5) is 10.1 Å². The normalized spacial score (nSPS) is 12.0.